The molecular formula is C43H76O2. The number of ether oxygens (including phenoxy) is 1. The van der Waals surface area contributed by atoms with Crippen molar-refractivity contribution in [1.29, 1.82) is 0 Å². The van der Waals surface area contributed by atoms with Gasteiger partial charge in [-0.15, -0.1) is 0 Å². The quantitative estimate of drug-likeness (QED) is 0.0765. The summed E-state index contributed by atoms with van der Waals surface area (Å²) in [5.74, 6) is 5.34. The molecule has 0 radical (unpaired) electrons. The molecule has 0 aromatic rings. The molecule has 0 spiro atoms. The molecule has 0 aromatic heterocycles. The first-order chi connectivity index (χ1) is 21.7. The molecule has 0 amide bonds. The molecule has 0 bridgehead atoms. The molecule has 4 aliphatic carbocycles. The van der Waals surface area contributed by atoms with E-state index in [-0.39, 0.29) is 12.1 Å². The van der Waals surface area contributed by atoms with Crippen molar-refractivity contribution in [1.82, 2.24) is 0 Å². The van der Waals surface area contributed by atoms with E-state index in [0.717, 1.165) is 54.8 Å². The van der Waals surface area contributed by atoms with E-state index < -0.39 is 0 Å². The maximum absolute atomic E-state index is 12.8. The average Bonchev–Trinajstić information content (AvgIpc) is 3.37. The average molecular weight is 625 g/mol. The third-order valence-corrected chi connectivity index (χ3v) is 14.0. The Morgan fingerprint density at radius 1 is 0.778 bits per heavy atom. The fourth-order valence-corrected chi connectivity index (χ4v) is 11.3. The maximum Gasteiger partial charge on any atom is 0.306 e. The van der Waals surface area contributed by atoms with Crippen LogP contribution < -0.4 is 0 Å². The molecule has 0 N–H and O–H groups in total. The second-order valence-electron chi connectivity index (χ2n) is 17.6. The standard InChI is InChI=1S/C43H76O2/c1-7-8-9-10-11-12-13-14-15-16-17-18-19-23-41(44)45-36-28-30-42(5)35(32-36)24-25-37-39-27-26-38(34(4)22-20-21-33(2)3)43(39,6)31-29-40(37)42/h24,33-34,36-40H,7-23,25-32H2,1-6H3/t34-,36-,37-,38-,39-,40-,42-,43+/m0/s1. The Balaban J connectivity index is 1.14. The lowest BCUT2D eigenvalue weighted by Crippen LogP contribution is -2.51. The fraction of sp³-hybridized carbons (Fsp3) is 0.930. The molecule has 3 saturated carbocycles. The molecule has 3 fully saturated rings. The zero-order valence-electron chi connectivity index (χ0n) is 31.1. The van der Waals surface area contributed by atoms with Crippen LogP contribution in [0.1, 0.15) is 202 Å². The van der Waals surface area contributed by atoms with Crippen LogP contribution in [0.5, 0.6) is 0 Å². The Kier molecular flexibility index (Phi) is 14.9. The number of carbonyl (C=O) groups is 1. The highest BCUT2D eigenvalue weighted by molar-refractivity contribution is 5.69. The first-order valence-corrected chi connectivity index (χ1v) is 20.6. The molecular weight excluding hydrogens is 548 g/mol. The van der Waals surface area contributed by atoms with Crippen LogP contribution in [-0.4, -0.2) is 12.1 Å². The van der Waals surface area contributed by atoms with E-state index in [2.05, 4.69) is 47.6 Å². The molecule has 4 aliphatic rings. The van der Waals surface area contributed by atoms with Crippen LogP contribution in [0.3, 0.4) is 0 Å². The van der Waals surface area contributed by atoms with E-state index >= 15 is 0 Å². The van der Waals surface area contributed by atoms with Crippen molar-refractivity contribution >= 4 is 5.97 Å². The first-order valence-electron chi connectivity index (χ1n) is 20.6. The molecule has 0 aromatic carbocycles. The maximum atomic E-state index is 12.8. The summed E-state index contributed by atoms with van der Waals surface area (Å²) in [6, 6.07) is 0. The molecule has 8 atom stereocenters. The normalized spacial score (nSPS) is 33.3. The molecule has 2 heteroatoms. The lowest BCUT2D eigenvalue weighted by atomic mass is 9.47. The molecule has 0 aliphatic heterocycles. The van der Waals surface area contributed by atoms with Gasteiger partial charge >= 0.3 is 5.97 Å². The van der Waals surface area contributed by atoms with Crippen molar-refractivity contribution in [3.8, 4) is 0 Å². The number of carbonyl (C=O) groups excluding carboxylic acids is 1. The largest absolute Gasteiger partial charge is 0.462 e. The van der Waals surface area contributed by atoms with Gasteiger partial charge in [-0.2, -0.15) is 0 Å². The zero-order valence-corrected chi connectivity index (χ0v) is 31.1. The van der Waals surface area contributed by atoms with Crippen molar-refractivity contribution in [2.24, 2.45) is 46.3 Å². The number of esters is 1. The highest BCUT2D eigenvalue weighted by atomic mass is 16.5. The van der Waals surface area contributed by atoms with Gasteiger partial charge in [0.1, 0.15) is 6.10 Å². The van der Waals surface area contributed by atoms with Crippen LogP contribution in [0.25, 0.3) is 0 Å². The summed E-state index contributed by atoms with van der Waals surface area (Å²) >= 11 is 0. The van der Waals surface area contributed by atoms with E-state index in [9.17, 15) is 4.79 Å². The van der Waals surface area contributed by atoms with E-state index in [4.69, 9.17) is 4.74 Å². The predicted molar refractivity (Wildman–Crippen MR) is 193 cm³/mol. The minimum Gasteiger partial charge on any atom is -0.462 e. The molecule has 260 valence electrons. The van der Waals surface area contributed by atoms with Crippen LogP contribution in [0.4, 0.5) is 0 Å². The van der Waals surface area contributed by atoms with Gasteiger partial charge in [0, 0.05) is 12.8 Å². The minimum atomic E-state index is 0.0638. The van der Waals surface area contributed by atoms with Crippen molar-refractivity contribution in [2.75, 3.05) is 0 Å². The summed E-state index contributed by atoms with van der Waals surface area (Å²) in [5.41, 5.74) is 2.54. The van der Waals surface area contributed by atoms with Crippen molar-refractivity contribution in [2.45, 2.75) is 208 Å². The van der Waals surface area contributed by atoms with Gasteiger partial charge in [-0.3, -0.25) is 4.79 Å². The number of unbranched alkanes of at least 4 members (excludes halogenated alkanes) is 12. The van der Waals surface area contributed by atoms with Gasteiger partial charge in [-0.25, -0.2) is 0 Å². The molecule has 2 nitrogen and oxygen atoms in total. The number of hydrogen-bond acceptors (Lipinski definition) is 2. The van der Waals surface area contributed by atoms with Crippen LogP contribution in [-0.2, 0) is 9.53 Å². The molecule has 0 saturated heterocycles. The van der Waals surface area contributed by atoms with Gasteiger partial charge in [0.05, 0.1) is 0 Å². The lowest BCUT2D eigenvalue weighted by molar-refractivity contribution is -0.151. The van der Waals surface area contributed by atoms with E-state index in [1.165, 1.54) is 135 Å². The fourth-order valence-electron chi connectivity index (χ4n) is 11.3. The van der Waals surface area contributed by atoms with E-state index in [1.54, 1.807) is 5.57 Å². The predicted octanol–water partition coefficient (Wildman–Crippen LogP) is 13.4. The topological polar surface area (TPSA) is 26.3 Å². The monoisotopic (exact) mass is 625 g/mol. The highest BCUT2D eigenvalue weighted by Crippen LogP contribution is 2.67. The van der Waals surface area contributed by atoms with Crippen LogP contribution in [0, 0.1) is 46.3 Å². The Hall–Kier alpha value is -0.790. The second-order valence-corrected chi connectivity index (χ2v) is 17.6. The van der Waals surface area contributed by atoms with Crippen LogP contribution in [0.2, 0.25) is 0 Å². The van der Waals surface area contributed by atoms with Crippen molar-refractivity contribution < 1.29 is 9.53 Å². The summed E-state index contributed by atoms with van der Waals surface area (Å²) in [5, 5.41) is 0. The van der Waals surface area contributed by atoms with Gasteiger partial charge in [0.2, 0.25) is 0 Å². The van der Waals surface area contributed by atoms with Gasteiger partial charge in [0.15, 0.2) is 0 Å². The van der Waals surface area contributed by atoms with Gasteiger partial charge in [-0.05, 0) is 97.7 Å². The Bertz CT molecular complexity index is 904. The van der Waals surface area contributed by atoms with Gasteiger partial charge < -0.3 is 4.74 Å². The smallest absolute Gasteiger partial charge is 0.306 e. The van der Waals surface area contributed by atoms with Crippen molar-refractivity contribution in [3.63, 3.8) is 0 Å². The molecule has 4 rings (SSSR count). The number of allylic oxidation sites excluding steroid dienone is 1. The summed E-state index contributed by atoms with van der Waals surface area (Å²) in [6.07, 6.45) is 35.4. The number of hydrogen-bond donors (Lipinski definition) is 0. The van der Waals surface area contributed by atoms with Gasteiger partial charge in [0.25, 0.3) is 0 Å². The minimum absolute atomic E-state index is 0.0638. The zero-order chi connectivity index (χ0) is 32.3. The van der Waals surface area contributed by atoms with E-state index in [1.807, 2.05) is 0 Å². The summed E-state index contributed by atoms with van der Waals surface area (Å²) in [4.78, 5) is 12.8. The van der Waals surface area contributed by atoms with Gasteiger partial charge in [-0.1, -0.05) is 150 Å². The van der Waals surface area contributed by atoms with Crippen LogP contribution >= 0.6 is 0 Å². The highest BCUT2D eigenvalue weighted by Gasteiger charge is 2.59. The summed E-state index contributed by atoms with van der Waals surface area (Å²) < 4.78 is 6.12. The number of rotatable bonds is 20. The third kappa shape index (κ3) is 9.87. The number of fused-ring (bicyclic) bond motifs is 5. The third-order valence-electron chi connectivity index (χ3n) is 14.0. The van der Waals surface area contributed by atoms with Crippen molar-refractivity contribution in [3.05, 3.63) is 11.6 Å². The molecule has 0 unspecified atom stereocenters. The van der Waals surface area contributed by atoms with E-state index in [0.29, 0.717) is 17.3 Å². The lowest BCUT2D eigenvalue weighted by Gasteiger charge is -2.58. The second kappa shape index (κ2) is 18.1. The van der Waals surface area contributed by atoms with Crippen LogP contribution in [0.15, 0.2) is 11.6 Å². The SMILES string of the molecule is CCCCCCCCCCCCCCCC(=O)O[C@H]1CC[C@@]2(C)C(=CC[C@H]3[C@@H]4CC[C@@H]([C@@H](C)CCCC(C)C)[C@@]4(C)CC[C@@H]32)C1. The summed E-state index contributed by atoms with van der Waals surface area (Å²) in [6.45, 7) is 14.9. The molecule has 45 heavy (non-hydrogen) atoms. The molecule has 0 heterocycles. The Morgan fingerprint density at radius 2 is 1.42 bits per heavy atom. The Labute approximate surface area is 281 Å². The summed E-state index contributed by atoms with van der Waals surface area (Å²) in [7, 11) is 0. The Morgan fingerprint density at radius 3 is 2.07 bits per heavy atom. The first kappa shape index (κ1) is 37.0.